The minimum absolute atomic E-state index is 0.265. The molecule has 104 valence electrons. The fraction of sp³-hybridized carbons (Fsp3) is 0.667. The predicted molar refractivity (Wildman–Crippen MR) is 54.8 cm³/mol. The van der Waals surface area contributed by atoms with Crippen LogP contribution in [-0.2, 0) is 19.1 Å². The Bertz CT molecular complexity index is 311. The Morgan fingerprint density at radius 3 is 2.39 bits per heavy atom. The number of ether oxygens (including phenoxy) is 1. The summed E-state index contributed by atoms with van der Waals surface area (Å²) in [6, 6.07) is -1.43. The number of aliphatic carboxylic acids is 1. The fourth-order valence-corrected chi connectivity index (χ4v) is 1.01. The van der Waals surface area contributed by atoms with Crippen molar-refractivity contribution in [2.45, 2.75) is 25.3 Å². The van der Waals surface area contributed by atoms with Gasteiger partial charge >= 0.3 is 5.97 Å². The van der Waals surface area contributed by atoms with Crippen LogP contribution in [0.1, 0.15) is 12.8 Å². The maximum absolute atomic E-state index is 11.7. The standard InChI is InChI=1S/C9H14F2N2O5/c10-6(11)4-18-2-1-8(15)13-5(9(16)17)3-7(12)14/h5-6H,1-4H2,(H2,12,14)(H,13,15)(H,16,17)/t5-/m0/s1. The normalized spacial score (nSPS) is 12.2. The van der Waals surface area contributed by atoms with Gasteiger partial charge in [-0.25, -0.2) is 13.6 Å². The number of rotatable bonds is 9. The summed E-state index contributed by atoms with van der Waals surface area (Å²) >= 11 is 0. The quantitative estimate of drug-likeness (QED) is 0.468. The number of carboxylic acid groups (broad SMARTS) is 1. The molecule has 0 rings (SSSR count). The number of hydrogen-bond acceptors (Lipinski definition) is 4. The summed E-state index contributed by atoms with van der Waals surface area (Å²) in [6.45, 7) is -1.06. The molecule has 18 heavy (non-hydrogen) atoms. The molecule has 0 saturated heterocycles. The van der Waals surface area contributed by atoms with Gasteiger partial charge in [-0.1, -0.05) is 0 Å². The van der Waals surface area contributed by atoms with E-state index in [1.54, 1.807) is 0 Å². The van der Waals surface area contributed by atoms with Crippen molar-refractivity contribution >= 4 is 17.8 Å². The molecular weight excluding hydrogens is 254 g/mol. The van der Waals surface area contributed by atoms with E-state index in [4.69, 9.17) is 10.8 Å². The molecule has 0 unspecified atom stereocenters. The first-order chi connectivity index (χ1) is 8.32. The number of alkyl halides is 2. The van der Waals surface area contributed by atoms with Crippen LogP contribution in [0.15, 0.2) is 0 Å². The lowest BCUT2D eigenvalue weighted by Crippen LogP contribution is -2.43. The van der Waals surface area contributed by atoms with Gasteiger partial charge < -0.3 is 20.9 Å². The number of hydrogen-bond donors (Lipinski definition) is 3. The smallest absolute Gasteiger partial charge is 0.326 e. The van der Waals surface area contributed by atoms with Crippen molar-refractivity contribution in [3.05, 3.63) is 0 Å². The highest BCUT2D eigenvalue weighted by Crippen LogP contribution is 1.96. The number of carboxylic acids is 1. The van der Waals surface area contributed by atoms with Crippen LogP contribution >= 0.6 is 0 Å². The van der Waals surface area contributed by atoms with Gasteiger partial charge in [-0.3, -0.25) is 9.59 Å². The van der Waals surface area contributed by atoms with Gasteiger partial charge in [0.05, 0.1) is 13.0 Å². The van der Waals surface area contributed by atoms with Gasteiger partial charge in [-0.2, -0.15) is 0 Å². The first-order valence-electron chi connectivity index (χ1n) is 4.99. The number of nitrogens with one attached hydrogen (secondary N) is 1. The summed E-state index contributed by atoms with van der Waals surface area (Å²) < 4.78 is 27.8. The van der Waals surface area contributed by atoms with Crippen LogP contribution in [0.4, 0.5) is 8.78 Å². The maximum Gasteiger partial charge on any atom is 0.326 e. The molecule has 0 saturated carbocycles. The number of nitrogens with two attached hydrogens (primary N) is 1. The van der Waals surface area contributed by atoms with Crippen molar-refractivity contribution in [3.8, 4) is 0 Å². The zero-order valence-electron chi connectivity index (χ0n) is 9.40. The fourth-order valence-electron chi connectivity index (χ4n) is 1.01. The van der Waals surface area contributed by atoms with E-state index in [2.05, 4.69) is 4.74 Å². The van der Waals surface area contributed by atoms with Crippen LogP contribution in [0, 0.1) is 0 Å². The van der Waals surface area contributed by atoms with Crippen LogP contribution in [0.2, 0.25) is 0 Å². The summed E-state index contributed by atoms with van der Waals surface area (Å²) in [5, 5.41) is 10.7. The van der Waals surface area contributed by atoms with Crippen molar-refractivity contribution < 1.29 is 33.0 Å². The highest BCUT2D eigenvalue weighted by Gasteiger charge is 2.21. The Hall–Kier alpha value is -1.77. The molecule has 0 aliphatic carbocycles. The topological polar surface area (TPSA) is 119 Å². The summed E-state index contributed by atoms with van der Waals surface area (Å²) in [7, 11) is 0. The van der Waals surface area contributed by atoms with Crippen LogP contribution in [0.25, 0.3) is 0 Å². The van der Waals surface area contributed by atoms with E-state index in [0.29, 0.717) is 0 Å². The molecule has 0 aromatic heterocycles. The Balaban J connectivity index is 3.95. The minimum atomic E-state index is -2.63. The molecule has 0 aromatic rings. The number of carbonyl (C=O) groups is 3. The first kappa shape index (κ1) is 16.2. The molecule has 0 heterocycles. The molecule has 0 spiro atoms. The Kier molecular flexibility index (Phi) is 7.52. The lowest BCUT2D eigenvalue weighted by atomic mass is 10.2. The second kappa shape index (κ2) is 8.34. The minimum Gasteiger partial charge on any atom is -0.480 e. The molecule has 0 fully saturated rings. The monoisotopic (exact) mass is 268 g/mol. The van der Waals surface area contributed by atoms with Crippen LogP contribution in [0.5, 0.6) is 0 Å². The van der Waals surface area contributed by atoms with Gasteiger partial charge in [0.2, 0.25) is 11.8 Å². The lowest BCUT2D eigenvalue weighted by molar-refractivity contribution is -0.143. The molecule has 1 atom stereocenters. The Morgan fingerprint density at radius 2 is 1.94 bits per heavy atom. The van der Waals surface area contributed by atoms with E-state index in [9.17, 15) is 23.2 Å². The first-order valence-corrected chi connectivity index (χ1v) is 4.99. The van der Waals surface area contributed by atoms with E-state index >= 15 is 0 Å². The van der Waals surface area contributed by atoms with Crippen molar-refractivity contribution in [2.75, 3.05) is 13.2 Å². The maximum atomic E-state index is 11.7. The number of halogens is 2. The van der Waals surface area contributed by atoms with Gasteiger partial charge in [0.15, 0.2) is 0 Å². The van der Waals surface area contributed by atoms with Crippen molar-refractivity contribution in [2.24, 2.45) is 5.73 Å². The second-order valence-electron chi connectivity index (χ2n) is 3.34. The van der Waals surface area contributed by atoms with Crippen molar-refractivity contribution in [1.82, 2.24) is 5.32 Å². The largest absolute Gasteiger partial charge is 0.480 e. The zero-order chi connectivity index (χ0) is 14.1. The molecule has 0 aliphatic rings. The van der Waals surface area contributed by atoms with Crippen molar-refractivity contribution in [1.29, 1.82) is 0 Å². The van der Waals surface area contributed by atoms with Crippen LogP contribution in [-0.4, -0.2) is 48.6 Å². The van der Waals surface area contributed by atoms with Gasteiger partial charge in [0.1, 0.15) is 12.6 Å². The predicted octanol–water partition coefficient (Wildman–Crippen LogP) is -0.897. The third-order valence-electron chi connectivity index (χ3n) is 1.76. The molecule has 0 aliphatic heterocycles. The molecule has 0 bridgehead atoms. The summed E-state index contributed by atoms with van der Waals surface area (Å²) in [5.74, 6) is -3.01. The van der Waals surface area contributed by atoms with Gasteiger partial charge in [-0.15, -0.1) is 0 Å². The third kappa shape index (κ3) is 8.39. The Morgan fingerprint density at radius 1 is 1.33 bits per heavy atom. The molecule has 4 N–H and O–H groups in total. The highest BCUT2D eigenvalue weighted by atomic mass is 19.3. The molecule has 7 nitrogen and oxygen atoms in total. The number of carbonyl (C=O) groups excluding carboxylic acids is 2. The van der Waals surface area contributed by atoms with E-state index in [1.807, 2.05) is 5.32 Å². The highest BCUT2D eigenvalue weighted by molar-refractivity contribution is 5.88. The summed E-state index contributed by atoms with van der Waals surface area (Å²) in [4.78, 5) is 32.4. The van der Waals surface area contributed by atoms with Gasteiger partial charge in [0.25, 0.3) is 6.43 Å². The van der Waals surface area contributed by atoms with Crippen molar-refractivity contribution in [3.63, 3.8) is 0 Å². The second-order valence-corrected chi connectivity index (χ2v) is 3.34. The number of amides is 2. The molecule has 2 amide bonds. The average molecular weight is 268 g/mol. The van der Waals surface area contributed by atoms with Crippen LogP contribution < -0.4 is 11.1 Å². The Labute approximate surface area is 101 Å². The molecule has 9 heteroatoms. The molecule has 0 radical (unpaired) electrons. The zero-order valence-corrected chi connectivity index (χ0v) is 9.40. The van der Waals surface area contributed by atoms with E-state index in [-0.39, 0.29) is 13.0 Å². The summed E-state index contributed by atoms with van der Waals surface area (Å²) in [5.41, 5.74) is 4.80. The van der Waals surface area contributed by atoms with Gasteiger partial charge in [-0.05, 0) is 0 Å². The van der Waals surface area contributed by atoms with E-state index < -0.39 is 43.3 Å². The summed E-state index contributed by atoms with van der Waals surface area (Å²) in [6.07, 6.45) is -3.46. The molecular formula is C9H14F2N2O5. The van der Waals surface area contributed by atoms with E-state index in [0.717, 1.165) is 0 Å². The third-order valence-corrected chi connectivity index (χ3v) is 1.76. The lowest BCUT2D eigenvalue weighted by Gasteiger charge is -2.12. The van der Waals surface area contributed by atoms with E-state index in [1.165, 1.54) is 0 Å². The van der Waals surface area contributed by atoms with Gasteiger partial charge in [0, 0.05) is 6.42 Å². The SMILES string of the molecule is NC(=O)C[C@H](NC(=O)CCOCC(F)F)C(=O)O. The van der Waals surface area contributed by atoms with Crippen LogP contribution in [0.3, 0.4) is 0 Å². The molecule has 0 aromatic carbocycles. The number of primary amides is 1. The average Bonchev–Trinajstić information content (AvgIpc) is 2.22.